The number of halogens is 2. The standard InChI is InChI=1S/C14H16ClFN2O/c1-3-13-11(8-18(2)17-13)14(19)7-9-6-10(15)4-5-12(9)16/h4-6,8,14,19H,3,7H2,1-2H3. The van der Waals surface area contributed by atoms with E-state index in [4.69, 9.17) is 11.6 Å². The molecule has 1 aromatic heterocycles. The van der Waals surface area contributed by atoms with Crippen molar-refractivity contribution in [2.75, 3.05) is 0 Å². The van der Waals surface area contributed by atoms with Gasteiger partial charge in [0.1, 0.15) is 5.82 Å². The second kappa shape index (κ2) is 5.72. The van der Waals surface area contributed by atoms with Gasteiger partial charge in [-0.3, -0.25) is 4.68 Å². The van der Waals surface area contributed by atoms with Crippen LogP contribution < -0.4 is 0 Å². The van der Waals surface area contributed by atoms with Crippen LogP contribution in [0, 0.1) is 5.82 Å². The van der Waals surface area contributed by atoms with Gasteiger partial charge in [0.05, 0.1) is 11.8 Å². The van der Waals surface area contributed by atoms with Gasteiger partial charge < -0.3 is 5.11 Å². The molecule has 0 fully saturated rings. The lowest BCUT2D eigenvalue weighted by Gasteiger charge is -2.11. The van der Waals surface area contributed by atoms with Crippen LogP contribution in [0.1, 0.15) is 29.8 Å². The van der Waals surface area contributed by atoms with Crippen LogP contribution in [0.15, 0.2) is 24.4 Å². The maximum atomic E-state index is 13.6. The molecule has 0 aliphatic heterocycles. The van der Waals surface area contributed by atoms with Crippen LogP contribution in [-0.2, 0) is 19.9 Å². The fraction of sp³-hybridized carbons (Fsp3) is 0.357. The van der Waals surface area contributed by atoms with Crippen molar-refractivity contribution in [2.45, 2.75) is 25.9 Å². The van der Waals surface area contributed by atoms with E-state index in [2.05, 4.69) is 5.10 Å². The van der Waals surface area contributed by atoms with Crippen molar-refractivity contribution in [3.63, 3.8) is 0 Å². The lowest BCUT2D eigenvalue weighted by atomic mass is 10.0. The number of nitrogens with zero attached hydrogens (tertiary/aromatic N) is 2. The van der Waals surface area contributed by atoms with E-state index in [1.54, 1.807) is 24.0 Å². The number of aliphatic hydroxyl groups is 1. The third-order valence-corrected chi connectivity index (χ3v) is 3.29. The van der Waals surface area contributed by atoms with Gasteiger partial charge in [-0.25, -0.2) is 4.39 Å². The van der Waals surface area contributed by atoms with Gasteiger partial charge in [-0.05, 0) is 30.2 Å². The highest BCUT2D eigenvalue weighted by molar-refractivity contribution is 6.30. The molecule has 0 saturated heterocycles. The Labute approximate surface area is 116 Å². The van der Waals surface area contributed by atoms with E-state index in [-0.39, 0.29) is 12.2 Å². The van der Waals surface area contributed by atoms with E-state index < -0.39 is 6.10 Å². The predicted octanol–water partition coefficient (Wildman–Crippen LogP) is 3.05. The van der Waals surface area contributed by atoms with Crippen molar-refractivity contribution in [1.82, 2.24) is 9.78 Å². The average Bonchev–Trinajstić information content (AvgIpc) is 2.75. The minimum absolute atomic E-state index is 0.186. The van der Waals surface area contributed by atoms with Gasteiger partial charge in [0.2, 0.25) is 0 Å². The molecule has 0 spiro atoms. The summed E-state index contributed by atoms with van der Waals surface area (Å²) in [5.74, 6) is -0.356. The number of benzene rings is 1. The van der Waals surface area contributed by atoms with Crippen molar-refractivity contribution >= 4 is 11.6 Å². The summed E-state index contributed by atoms with van der Waals surface area (Å²) in [4.78, 5) is 0. The van der Waals surface area contributed by atoms with Crippen LogP contribution >= 0.6 is 11.6 Å². The predicted molar refractivity (Wildman–Crippen MR) is 72.7 cm³/mol. The van der Waals surface area contributed by atoms with Crippen LogP contribution in [0.25, 0.3) is 0 Å². The quantitative estimate of drug-likeness (QED) is 0.936. The topological polar surface area (TPSA) is 38.0 Å². The minimum Gasteiger partial charge on any atom is -0.388 e. The molecule has 0 bridgehead atoms. The maximum Gasteiger partial charge on any atom is 0.126 e. The smallest absolute Gasteiger partial charge is 0.126 e. The fourth-order valence-corrected chi connectivity index (χ4v) is 2.32. The van der Waals surface area contributed by atoms with E-state index in [0.29, 0.717) is 10.6 Å². The van der Waals surface area contributed by atoms with Crippen LogP contribution in [0.3, 0.4) is 0 Å². The summed E-state index contributed by atoms with van der Waals surface area (Å²) in [5, 5.41) is 15.0. The van der Waals surface area contributed by atoms with Gasteiger partial charge in [0.25, 0.3) is 0 Å². The number of aliphatic hydroxyl groups excluding tert-OH is 1. The van der Waals surface area contributed by atoms with E-state index in [1.807, 2.05) is 6.92 Å². The molecule has 5 heteroatoms. The molecule has 0 saturated carbocycles. The minimum atomic E-state index is -0.781. The normalized spacial score (nSPS) is 12.7. The monoisotopic (exact) mass is 282 g/mol. The molecule has 1 unspecified atom stereocenters. The first-order chi connectivity index (χ1) is 9.01. The molecule has 102 valence electrons. The molecule has 1 N–H and O–H groups in total. The van der Waals surface area contributed by atoms with Crippen LogP contribution in [0.4, 0.5) is 4.39 Å². The lowest BCUT2D eigenvalue weighted by molar-refractivity contribution is 0.176. The van der Waals surface area contributed by atoms with Crippen molar-refractivity contribution in [2.24, 2.45) is 7.05 Å². The van der Waals surface area contributed by atoms with Crippen LogP contribution in [-0.4, -0.2) is 14.9 Å². The Hall–Kier alpha value is -1.39. The third-order valence-electron chi connectivity index (χ3n) is 3.05. The molecule has 2 aromatic rings. The van der Waals surface area contributed by atoms with Crippen molar-refractivity contribution < 1.29 is 9.50 Å². The number of aromatic nitrogens is 2. The van der Waals surface area contributed by atoms with Gasteiger partial charge >= 0.3 is 0 Å². The Balaban J connectivity index is 2.25. The van der Waals surface area contributed by atoms with Gasteiger partial charge in [0, 0.05) is 30.3 Å². The zero-order valence-electron chi connectivity index (χ0n) is 10.9. The molecule has 0 aliphatic rings. The summed E-state index contributed by atoms with van der Waals surface area (Å²) < 4.78 is 15.3. The van der Waals surface area contributed by atoms with Crippen molar-refractivity contribution in [3.8, 4) is 0 Å². The highest BCUT2D eigenvalue weighted by atomic mass is 35.5. The molecule has 1 atom stereocenters. The first-order valence-corrected chi connectivity index (χ1v) is 6.53. The number of hydrogen-bond acceptors (Lipinski definition) is 2. The molecule has 1 heterocycles. The second-order valence-corrected chi connectivity index (χ2v) is 4.95. The summed E-state index contributed by atoms with van der Waals surface area (Å²) >= 11 is 5.84. The molecule has 19 heavy (non-hydrogen) atoms. The first kappa shape index (κ1) is 14.0. The first-order valence-electron chi connectivity index (χ1n) is 6.15. The molecular weight excluding hydrogens is 267 g/mol. The van der Waals surface area contributed by atoms with Crippen molar-refractivity contribution in [1.29, 1.82) is 0 Å². The third kappa shape index (κ3) is 3.14. The Kier molecular flexibility index (Phi) is 4.22. The molecular formula is C14H16ClFN2O. The number of rotatable bonds is 4. The van der Waals surface area contributed by atoms with Gasteiger partial charge in [0.15, 0.2) is 0 Å². The zero-order chi connectivity index (χ0) is 14.0. The Morgan fingerprint density at radius 2 is 2.21 bits per heavy atom. The molecule has 1 aromatic carbocycles. The van der Waals surface area contributed by atoms with E-state index in [1.165, 1.54) is 12.1 Å². The van der Waals surface area contributed by atoms with E-state index in [0.717, 1.165) is 17.7 Å². The molecule has 0 radical (unpaired) electrons. The highest BCUT2D eigenvalue weighted by Crippen LogP contribution is 2.24. The van der Waals surface area contributed by atoms with Gasteiger partial charge in [-0.15, -0.1) is 0 Å². The fourth-order valence-electron chi connectivity index (χ4n) is 2.12. The van der Waals surface area contributed by atoms with Crippen molar-refractivity contribution in [3.05, 3.63) is 52.1 Å². The number of hydrogen-bond donors (Lipinski definition) is 1. The molecule has 3 nitrogen and oxygen atoms in total. The van der Waals surface area contributed by atoms with Crippen LogP contribution in [0.5, 0.6) is 0 Å². The SMILES string of the molecule is CCc1nn(C)cc1C(O)Cc1cc(Cl)ccc1F. The summed E-state index contributed by atoms with van der Waals surface area (Å²) in [6.07, 6.45) is 1.90. The van der Waals surface area contributed by atoms with Gasteiger partial charge in [-0.2, -0.15) is 5.10 Å². The summed E-state index contributed by atoms with van der Waals surface area (Å²) in [7, 11) is 1.80. The van der Waals surface area contributed by atoms with E-state index in [9.17, 15) is 9.50 Å². The van der Waals surface area contributed by atoms with Crippen LogP contribution in [0.2, 0.25) is 5.02 Å². The maximum absolute atomic E-state index is 13.6. The second-order valence-electron chi connectivity index (χ2n) is 4.51. The summed E-state index contributed by atoms with van der Waals surface area (Å²) in [5.41, 5.74) is 1.98. The average molecular weight is 283 g/mol. The Morgan fingerprint density at radius 1 is 1.47 bits per heavy atom. The van der Waals surface area contributed by atoms with Gasteiger partial charge in [-0.1, -0.05) is 18.5 Å². The largest absolute Gasteiger partial charge is 0.388 e. The molecule has 0 amide bonds. The Bertz CT molecular complexity index is 583. The highest BCUT2D eigenvalue weighted by Gasteiger charge is 2.17. The summed E-state index contributed by atoms with van der Waals surface area (Å²) in [6.45, 7) is 1.97. The summed E-state index contributed by atoms with van der Waals surface area (Å²) in [6, 6.07) is 4.35. The molecule has 2 rings (SSSR count). The lowest BCUT2D eigenvalue weighted by Crippen LogP contribution is -2.05. The van der Waals surface area contributed by atoms with E-state index >= 15 is 0 Å². The zero-order valence-corrected chi connectivity index (χ0v) is 11.7. The molecule has 0 aliphatic carbocycles. The number of aryl methyl sites for hydroxylation is 2. The Morgan fingerprint density at radius 3 is 2.89 bits per heavy atom.